The molecule has 4 heteroatoms. The first kappa shape index (κ1) is 17.5. The first-order valence-electron chi connectivity index (χ1n) is 11.3. The fraction of sp³-hybridized carbons (Fsp3) is 0.480. The van der Waals surface area contributed by atoms with E-state index in [0.29, 0.717) is 12.1 Å². The van der Waals surface area contributed by atoms with Crippen molar-refractivity contribution in [3.05, 3.63) is 59.4 Å². The molecule has 4 atom stereocenters. The van der Waals surface area contributed by atoms with E-state index in [4.69, 9.17) is 4.98 Å². The van der Waals surface area contributed by atoms with Gasteiger partial charge in [0.05, 0.1) is 11.0 Å². The van der Waals surface area contributed by atoms with Crippen molar-refractivity contribution in [2.24, 2.45) is 11.8 Å². The molecule has 1 unspecified atom stereocenters. The lowest BCUT2D eigenvalue weighted by Crippen LogP contribution is -2.22. The number of benzene rings is 2. The van der Waals surface area contributed by atoms with Crippen LogP contribution < -0.4 is 10.6 Å². The van der Waals surface area contributed by atoms with Crippen LogP contribution in [0.15, 0.2) is 42.5 Å². The molecule has 2 aliphatic heterocycles. The van der Waals surface area contributed by atoms with Gasteiger partial charge in [-0.25, -0.2) is 4.98 Å². The Bertz CT molecular complexity index is 1030. The predicted octanol–water partition coefficient (Wildman–Crippen LogP) is 4.54. The van der Waals surface area contributed by atoms with Gasteiger partial charge in [-0.2, -0.15) is 0 Å². The van der Waals surface area contributed by atoms with Crippen LogP contribution in [0.3, 0.4) is 0 Å². The zero-order chi connectivity index (χ0) is 19.4. The molecule has 150 valence electrons. The van der Waals surface area contributed by atoms with Gasteiger partial charge in [-0.3, -0.25) is 0 Å². The van der Waals surface area contributed by atoms with Gasteiger partial charge in [-0.15, -0.1) is 0 Å². The molecule has 2 N–H and O–H groups in total. The van der Waals surface area contributed by atoms with Gasteiger partial charge < -0.3 is 15.2 Å². The standard InChI is InChI=1S/C25H30N4/c1-16-7-8-21-22(27-16)9-10-23-25(21)28-24(11-17-5-3-2-4-6-17)29(23)20-12-18-14-26-15-19(18)13-20/h2-6,9-10,16,18-20,26-27H,7-8,11-15H2,1H3/t16-,18-,19+,20?/m0/s1. The minimum Gasteiger partial charge on any atom is -0.382 e. The van der Waals surface area contributed by atoms with Crippen molar-refractivity contribution in [2.45, 2.75) is 51.1 Å². The van der Waals surface area contributed by atoms with Crippen LogP contribution in [-0.2, 0) is 12.8 Å². The van der Waals surface area contributed by atoms with Crippen molar-refractivity contribution < 1.29 is 0 Å². The van der Waals surface area contributed by atoms with Gasteiger partial charge in [0.1, 0.15) is 5.82 Å². The van der Waals surface area contributed by atoms with Crippen LogP contribution in [0, 0.1) is 11.8 Å². The molecule has 4 nitrogen and oxygen atoms in total. The summed E-state index contributed by atoms with van der Waals surface area (Å²) in [5, 5.41) is 7.27. The fourth-order valence-electron chi connectivity index (χ4n) is 6.01. The summed E-state index contributed by atoms with van der Waals surface area (Å²) in [4.78, 5) is 5.29. The van der Waals surface area contributed by atoms with Crippen LogP contribution in [0.1, 0.15) is 49.2 Å². The zero-order valence-corrected chi connectivity index (χ0v) is 17.2. The third kappa shape index (κ3) is 2.96. The van der Waals surface area contributed by atoms with Crippen LogP contribution in [0.5, 0.6) is 0 Å². The highest BCUT2D eigenvalue weighted by molar-refractivity contribution is 5.86. The molecule has 0 radical (unpaired) electrons. The van der Waals surface area contributed by atoms with Gasteiger partial charge in [0, 0.05) is 29.8 Å². The van der Waals surface area contributed by atoms with Crippen molar-refractivity contribution in [1.29, 1.82) is 0 Å². The van der Waals surface area contributed by atoms with E-state index < -0.39 is 0 Å². The third-order valence-corrected chi connectivity index (χ3v) is 7.47. The van der Waals surface area contributed by atoms with Crippen molar-refractivity contribution in [2.75, 3.05) is 18.4 Å². The van der Waals surface area contributed by atoms with E-state index >= 15 is 0 Å². The number of aromatic nitrogens is 2. The molecule has 29 heavy (non-hydrogen) atoms. The number of hydrogen-bond donors (Lipinski definition) is 2. The van der Waals surface area contributed by atoms with Crippen molar-refractivity contribution in [1.82, 2.24) is 14.9 Å². The van der Waals surface area contributed by atoms with Crippen LogP contribution in [-0.4, -0.2) is 28.7 Å². The predicted molar refractivity (Wildman–Crippen MR) is 119 cm³/mol. The topological polar surface area (TPSA) is 41.9 Å². The Hall–Kier alpha value is -2.33. The molecule has 0 spiro atoms. The quantitative estimate of drug-likeness (QED) is 0.694. The number of fused-ring (bicyclic) bond motifs is 4. The summed E-state index contributed by atoms with van der Waals surface area (Å²) >= 11 is 0. The molecule has 3 aliphatic rings. The summed E-state index contributed by atoms with van der Waals surface area (Å²) in [6.45, 7) is 4.66. The zero-order valence-electron chi connectivity index (χ0n) is 17.2. The van der Waals surface area contributed by atoms with Gasteiger partial charge in [-0.05, 0) is 75.2 Å². The molecule has 2 fully saturated rings. The summed E-state index contributed by atoms with van der Waals surface area (Å²) in [5.41, 5.74) is 6.66. The molecule has 1 saturated carbocycles. The molecule has 3 heterocycles. The lowest BCUT2D eigenvalue weighted by molar-refractivity contribution is 0.471. The fourth-order valence-corrected chi connectivity index (χ4v) is 6.01. The average molecular weight is 387 g/mol. The van der Waals surface area contributed by atoms with Crippen molar-refractivity contribution in [3.63, 3.8) is 0 Å². The Kier molecular flexibility index (Phi) is 4.15. The van der Waals surface area contributed by atoms with Crippen LogP contribution >= 0.6 is 0 Å². The lowest BCUT2D eigenvalue weighted by atomic mass is 9.97. The maximum absolute atomic E-state index is 5.29. The van der Waals surface area contributed by atoms with E-state index in [-0.39, 0.29) is 0 Å². The smallest absolute Gasteiger partial charge is 0.114 e. The number of rotatable bonds is 3. The second kappa shape index (κ2) is 6.88. The maximum Gasteiger partial charge on any atom is 0.114 e. The number of nitrogens with zero attached hydrogens (tertiary/aromatic N) is 2. The van der Waals surface area contributed by atoms with Gasteiger partial charge in [0.25, 0.3) is 0 Å². The van der Waals surface area contributed by atoms with Crippen LogP contribution in [0.25, 0.3) is 11.0 Å². The number of hydrogen-bond acceptors (Lipinski definition) is 3. The Labute approximate surface area is 172 Å². The second-order valence-electron chi connectivity index (χ2n) is 9.41. The highest BCUT2D eigenvalue weighted by atomic mass is 15.1. The molecular formula is C25H30N4. The summed E-state index contributed by atoms with van der Waals surface area (Å²) in [6, 6.07) is 16.6. The largest absolute Gasteiger partial charge is 0.382 e. The summed E-state index contributed by atoms with van der Waals surface area (Å²) in [5.74, 6) is 2.92. The second-order valence-corrected chi connectivity index (χ2v) is 9.41. The number of nitrogens with one attached hydrogen (secondary N) is 2. The van der Waals surface area contributed by atoms with E-state index in [1.165, 1.54) is 66.0 Å². The summed E-state index contributed by atoms with van der Waals surface area (Å²) < 4.78 is 2.62. The maximum atomic E-state index is 5.29. The first-order chi connectivity index (χ1) is 14.3. The van der Waals surface area contributed by atoms with Crippen molar-refractivity contribution in [3.8, 4) is 0 Å². The Morgan fingerprint density at radius 3 is 2.62 bits per heavy atom. The highest BCUT2D eigenvalue weighted by Gasteiger charge is 2.39. The van der Waals surface area contributed by atoms with E-state index in [1.807, 2.05) is 0 Å². The third-order valence-electron chi connectivity index (χ3n) is 7.47. The average Bonchev–Trinajstić information content (AvgIpc) is 3.41. The summed E-state index contributed by atoms with van der Waals surface area (Å²) in [6.07, 6.45) is 5.81. The molecule has 3 aromatic rings. The van der Waals surface area contributed by atoms with Crippen LogP contribution in [0.2, 0.25) is 0 Å². The van der Waals surface area contributed by atoms with E-state index in [1.54, 1.807) is 0 Å². The molecular weight excluding hydrogens is 356 g/mol. The SMILES string of the molecule is C[C@H]1CCc2c(ccc3c2nc(Cc2ccccc2)n3C2C[C@H]3CNC[C@H]3C2)N1. The monoisotopic (exact) mass is 386 g/mol. The highest BCUT2D eigenvalue weighted by Crippen LogP contribution is 2.44. The molecule has 1 saturated heterocycles. The van der Waals surface area contributed by atoms with Gasteiger partial charge in [0.15, 0.2) is 0 Å². The lowest BCUT2D eigenvalue weighted by Gasteiger charge is -2.24. The van der Waals surface area contributed by atoms with E-state index in [9.17, 15) is 0 Å². The first-order valence-corrected chi connectivity index (χ1v) is 11.3. The molecule has 0 bridgehead atoms. The Morgan fingerprint density at radius 1 is 1.03 bits per heavy atom. The molecule has 1 aromatic heterocycles. The van der Waals surface area contributed by atoms with E-state index in [0.717, 1.165) is 24.7 Å². The minimum absolute atomic E-state index is 0.549. The molecule has 6 rings (SSSR count). The normalized spacial score (nSPS) is 28.3. The Morgan fingerprint density at radius 2 is 1.83 bits per heavy atom. The van der Waals surface area contributed by atoms with Gasteiger partial charge in [0.2, 0.25) is 0 Å². The van der Waals surface area contributed by atoms with Gasteiger partial charge >= 0.3 is 0 Å². The number of aryl methyl sites for hydroxylation is 1. The number of anilines is 1. The number of imidazole rings is 1. The van der Waals surface area contributed by atoms with Gasteiger partial charge in [-0.1, -0.05) is 30.3 Å². The minimum atomic E-state index is 0.549. The molecule has 2 aromatic carbocycles. The molecule has 1 aliphatic carbocycles. The van der Waals surface area contributed by atoms with Crippen molar-refractivity contribution >= 4 is 16.7 Å². The molecule has 0 amide bonds. The van der Waals surface area contributed by atoms with Crippen LogP contribution in [0.4, 0.5) is 5.69 Å². The van der Waals surface area contributed by atoms with E-state index in [2.05, 4.69) is 64.6 Å². The summed E-state index contributed by atoms with van der Waals surface area (Å²) in [7, 11) is 0. The Balaban J connectivity index is 1.47.